The molecule has 3 heterocycles. The van der Waals surface area contributed by atoms with Crippen LogP contribution in [0.4, 0.5) is 17.5 Å². The Kier molecular flexibility index (Phi) is 7.95. The van der Waals surface area contributed by atoms with E-state index >= 15 is 0 Å². The number of fused-ring (bicyclic) bond motifs is 1. The predicted octanol–water partition coefficient (Wildman–Crippen LogP) is 4.00. The zero-order valence-corrected chi connectivity index (χ0v) is 21.3. The largest absolute Gasteiger partial charge is 0.396 e. The van der Waals surface area contributed by atoms with Crippen molar-refractivity contribution < 1.29 is 18.0 Å². The Bertz CT molecular complexity index is 1500. The molecule has 0 spiro atoms. The molecule has 192 valence electrons. The first-order valence-corrected chi connectivity index (χ1v) is 13.3. The molecular weight excluding hydrogens is 492 g/mol. The number of rotatable bonds is 6. The SMILES string of the molecule is CC(C)c1noc(-c2cnc(Nc3ccc4c(c3)C=CCS4(=O)=O)nc2N)n1.OCCc1ccccc1. The second kappa shape index (κ2) is 11.3. The van der Waals surface area contributed by atoms with Crippen LogP contribution in [0.3, 0.4) is 0 Å². The van der Waals surface area contributed by atoms with E-state index in [0.717, 1.165) is 6.42 Å². The summed E-state index contributed by atoms with van der Waals surface area (Å²) in [6.45, 7) is 4.16. The Labute approximate surface area is 215 Å². The maximum atomic E-state index is 12.1. The fraction of sp³-hybridized carbons (Fsp3) is 0.231. The van der Waals surface area contributed by atoms with Crippen LogP contribution in [-0.2, 0) is 16.3 Å². The molecule has 2 aromatic heterocycles. The molecule has 2 aromatic carbocycles. The lowest BCUT2D eigenvalue weighted by molar-refractivity contribution is 0.299. The molecule has 37 heavy (non-hydrogen) atoms. The van der Waals surface area contributed by atoms with Crippen molar-refractivity contribution in [3.63, 3.8) is 0 Å². The minimum atomic E-state index is -3.27. The highest BCUT2D eigenvalue weighted by molar-refractivity contribution is 7.91. The Morgan fingerprint density at radius 3 is 2.59 bits per heavy atom. The van der Waals surface area contributed by atoms with Crippen molar-refractivity contribution in [1.82, 2.24) is 20.1 Å². The monoisotopic (exact) mass is 520 g/mol. The van der Waals surface area contributed by atoms with Gasteiger partial charge in [-0.15, -0.1) is 0 Å². The number of anilines is 3. The van der Waals surface area contributed by atoms with Crippen LogP contribution in [0, 0.1) is 0 Å². The second-order valence-corrected chi connectivity index (χ2v) is 10.6. The fourth-order valence-corrected chi connectivity index (χ4v) is 4.82. The normalized spacial score (nSPS) is 13.5. The molecule has 4 aromatic rings. The summed E-state index contributed by atoms with van der Waals surface area (Å²) in [5, 5.41) is 15.5. The molecule has 5 rings (SSSR count). The van der Waals surface area contributed by atoms with Crippen LogP contribution in [-0.4, -0.2) is 46.0 Å². The van der Waals surface area contributed by atoms with Crippen molar-refractivity contribution in [1.29, 1.82) is 0 Å². The number of nitrogens with zero attached hydrogens (tertiary/aromatic N) is 4. The number of hydrogen-bond donors (Lipinski definition) is 3. The van der Waals surface area contributed by atoms with Gasteiger partial charge < -0.3 is 20.7 Å². The average Bonchev–Trinajstić information content (AvgIpc) is 3.36. The summed E-state index contributed by atoms with van der Waals surface area (Å²) in [5.41, 5.74) is 8.94. The van der Waals surface area contributed by atoms with Crippen molar-refractivity contribution in [3.05, 3.63) is 77.8 Å². The molecule has 0 atom stereocenters. The van der Waals surface area contributed by atoms with Crippen LogP contribution >= 0.6 is 0 Å². The molecule has 0 fully saturated rings. The van der Waals surface area contributed by atoms with Gasteiger partial charge in [-0.1, -0.05) is 61.5 Å². The van der Waals surface area contributed by atoms with Crippen molar-refractivity contribution in [2.75, 3.05) is 23.4 Å². The molecule has 4 N–H and O–H groups in total. The average molecular weight is 521 g/mol. The van der Waals surface area contributed by atoms with Crippen molar-refractivity contribution in [2.24, 2.45) is 0 Å². The van der Waals surface area contributed by atoms with Crippen molar-refractivity contribution >= 4 is 33.4 Å². The molecule has 1 aliphatic rings. The van der Waals surface area contributed by atoms with Gasteiger partial charge in [0.05, 0.1) is 10.6 Å². The summed E-state index contributed by atoms with van der Waals surface area (Å²) < 4.78 is 29.4. The van der Waals surface area contributed by atoms with Crippen LogP contribution < -0.4 is 11.1 Å². The van der Waals surface area contributed by atoms with E-state index < -0.39 is 9.84 Å². The summed E-state index contributed by atoms with van der Waals surface area (Å²) in [6, 6.07) is 14.9. The number of sulfone groups is 1. The minimum Gasteiger partial charge on any atom is -0.396 e. The van der Waals surface area contributed by atoms with Gasteiger partial charge in [-0.05, 0) is 35.7 Å². The Morgan fingerprint density at radius 2 is 1.92 bits per heavy atom. The summed E-state index contributed by atoms with van der Waals surface area (Å²) in [5.74, 6) is 1.44. The smallest absolute Gasteiger partial charge is 0.263 e. The summed E-state index contributed by atoms with van der Waals surface area (Å²) in [4.78, 5) is 13.1. The first-order chi connectivity index (χ1) is 17.8. The summed E-state index contributed by atoms with van der Waals surface area (Å²) >= 11 is 0. The van der Waals surface area contributed by atoms with Crippen LogP contribution in [0.2, 0.25) is 0 Å². The molecular formula is C26H28N6O4S. The number of benzene rings is 2. The van der Waals surface area contributed by atoms with Gasteiger partial charge in [-0.3, -0.25) is 0 Å². The van der Waals surface area contributed by atoms with Crippen LogP contribution in [0.25, 0.3) is 17.5 Å². The third kappa shape index (κ3) is 6.38. The zero-order chi connectivity index (χ0) is 26.4. The number of aliphatic hydroxyl groups excluding tert-OH is 1. The third-order valence-corrected chi connectivity index (χ3v) is 7.14. The molecule has 0 radical (unpaired) electrons. The standard InChI is InChI=1S/C18H18N6O3S.C8H10O/c1-10(2)16-23-17(27-24-16)13-9-20-18(22-15(13)19)21-12-5-6-14-11(8-12)4-3-7-28(14,25)26;9-7-6-8-4-2-1-3-5-8/h3-6,8-10H,7H2,1-2H3,(H3,19,20,21,22);1-5,9H,6-7H2. The lowest BCUT2D eigenvalue weighted by atomic mass is 10.2. The van der Waals surface area contributed by atoms with E-state index in [0.29, 0.717) is 27.5 Å². The van der Waals surface area contributed by atoms with E-state index in [1.807, 2.05) is 44.2 Å². The molecule has 0 saturated heterocycles. The van der Waals surface area contributed by atoms with Gasteiger partial charge in [0, 0.05) is 24.4 Å². The summed E-state index contributed by atoms with van der Waals surface area (Å²) in [7, 11) is -3.27. The Balaban J connectivity index is 0.000000301. The van der Waals surface area contributed by atoms with Gasteiger partial charge in [0.25, 0.3) is 5.89 Å². The van der Waals surface area contributed by atoms with E-state index in [9.17, 15) is 8.42 Å². The highest BCUT2D eigenvalue weighted by Crippen LogP contribution is 2.29. The van der Waals surface area contributed by atoms with Gasteiger partial charge >= 0.3 is 0 Å². The van der Waals surface area contributed by atoms with E-state index in [4.69, 9.17) is 15.4 Å². The maximum Gasteiger partial charge on any atom is 0.263 e. The van der Waals surface area contributed by atoms with Gasteiger partial charge in [0.15, 0.2) is 15.7 Å². The zero-order valence-electron chi connectivity index (χ0n) is 20.5. The molecule has 0 unspecified atom stereocenters. The van der Waals surface area contributed by atoms with Gasteiger partial charge in [0.1, 0.15) is 11.4 Å². The quantitative estimate of drug-likeness (QED) is 0.339. The highest BCUT2D eigenvalue weighted by Gasteiger charge is 2.20. The first kappa shape index (κ1) is 26.0. The molecule has 11 heteroatoms. The van der Waals surface area contributed by atoms with Gasteiger partial charge in [-0.2, -0.15) is 9.97 Å². The molecule has 0 aliphatic carbocycles. The topological polar surface area (TPSA) is 157 Å². The van der Waals surface area contributed by atoms with E-state index in [2.05, 4.69) is 25.4 Å². The van der Waals surface area contributed by atoms with Crippen molar-refractivity contribution in [3.8, 4) is 11.5 Å². The number of hydrogen-bond acceptors (Lipinski definition) is 10. The van der Waals surface area contributed by atoms with Gasteiger partial charge in [0.2, 0.25) is 5.95 Å². The molecule has 0 bridgehead atoms. The first-order valence-electron chi connectivity index (χ1n) is 11.7. The maximum absolute atomic E-state index is 12.1. The number of aromatic nitrogens is 4. The number of nitrogens with two attached hydrogens (primary N) is 1. The van der Waals surface area contributed by atoms with Crippen molar-refractivity contribution in [2.45, 2.75) is 31.1 Å². The molecule has 1 aliphatic heterocycles. The molecule has 0 saturated carbocycles. The minimum absolute atomic E-state index is 0.0159. The Morgan fingerprint density at radius 1 is 1.14 bits per heavy atom. The van der Waals surface area contributed by atoms with E-state index in [-0.39, 0.29) is 35.9 Å². The second-order valence-electron chi connectivity index (χ2n) is 8.63. The summed E-state index contributed by atoms with van der Waals surface area (Å²) in [6.07, 6.45) is 5.67. The number of nitrogens with one attached hydrogen (secondary N) is 1. The van der Waals surface area contributed by atoms with Crippen LogP contribution in [0.1, 0.15) is 36.7 Å². The van der Waals surface area contributed by atoms with Crippen LogP contribution in [0.5, 0.6) is 0 Å². The van der Waals surface area contributed by atoms with Gasteiger partial charge in [-0.25, -0.2) is 13.4 Å². The predicted molar refractivity (Wildman–Crippen MR) is 142 cm³/mol. The van der Waals surface area contributed by atoms with Crippen LogP contribution in [0.15, 0.2) is 70.2 Å². The highest BCUT2D eigenvalue weighted by atomic mass is 32.2. The van der Waals surface area contributed by atoms with E-state index in [1.165, 1.54) is 11.8 Å². The molecule has 10 nitrogen and oxygen atoms in total. The number of aliphatic hydroxyl groups is 1. The lowest BCUT2D eigenvalue weighted by Gasteiger charge is -2.13. The molecule has 0 amide bonds. The Hall–Kier alpha value is -4.09. The lowest BCUT2D eigenvalue weighted by Crippen LogP contribution is -2.10. The third-order valence-electron chi connectivity index (χ3n) is 5.46. The number of nitrogen functional groups attached to an aromatic ring is 1. The van der Waals surface area contributed by atoms with E-state index in [1.54, 1.807) is 30.4 Å². The fourth-order valence-electron chi connectivity index (χ4n) is 3.53.